The molecule has 6 nitrogen and oxygen atoms in total. The highest BCUT2D eigenvalue weighted by Crippen LogP contribution is 2.40. The van der Waals surface area contributed by atoms with E-state index in [2.05, 4.69) is 0 Å². The number of pyridine rings is 1. The molecule has 0 bridgehead atoms. The van der Waals surface area contributed by atoms with Crippen molar-refractivity contribution in [2.75, 3.05) is 0 Å². The standard InChI is InChI=1S/C19H26N2O4/c1-19(2,3)20-10-6-8-13(16(20)22)17(23)21-14-9-5-4-7-12(14)11-15(21)18(24)25/h6,8,10,12,14-15H,4-5,7,9,11H2,1-3H3,(H,24,25)/t12-,14-,15-/m0/s1. The van der Waals surface area contributed by atoms with Gasteiger partial charge in [0.2, 0.25) is 0 Å². The molecule has 1 amide bonds. The minimum Gasteiger partial charge on any atom is -0.480 e. The average molecular weight is 346 g/mol. The summed E-state index contributed by atoms with van der Waals surface area (Å²) in [5, 5.41) is 9.60. The summed E-state index contributed by atoms with van der Waals surface area (Å²) in [5.41, 5.74) is -0.740. The minimum absolute atomic E-state index is 0.0647. The van der Waals surface area contributed by atoms with Crippen LogP contribution in [-0.4, -0.2) is 38.5 Å². The molecule has 1 aliphatic heterocycles. The Morgan fingerprint density at radius 1 is 1.20 bits per heavy atom. The molecule has 1 saturated heterocycles. The summed E-state index contributed by atoms with van der Waals surface area (Å²) >= 11 is 0. The van der Waals surface area contributed by atoms with Crippen LogP contribution in [0, 0.1) is 5.92 Å². The Morgan fingerprint density at radius 3 is 2.52 bits per heavy atom. The van der Waals surface area contributed by atoms with Crippen molar-refractivity contribution in [3.8, 4) is 0 Å². The highest BCUT2D eigenvalue weighted by atomic mass is 16.4. The van der Waals surface area contributed by atoms with E-state index in [1.807, 2.05) is 20.8 Å². The van der Waals surface area contributed by atoms with Crippen molar-refractivity contribution in [3.63, 3.8) is 0 Å². The van der Waals surface area contributed by atoms with Crippen molar-refractivity contribution in [1.29, 1.82) is 0 Å². The first kappa shape index (κ1) is 17.7. The number of hydrogen-bond acceptors (Lipinski definition) is 3. The van der Waals surface area contributed by atoms with E-state index in [0.29, 0.717) is 6.42 Å². The molecule has 136 valence electrons. The molecular formula is C19H26N2O4. The number of aromatic nitrogens is 1. The van der Waals surface area contributed by atoms with Crippen LogP contribution >= 0.6 is 0 Å². The molecule has 3 atom stereocenters. The van der Waals surface area contributed by atoms with E-state index >= 15 is 0 Å². The molecule has 1 aromatic heterocycles. The predicted octanol–water partition coefficient (Wildman–Crippen LogP) is 2.46. The first-order chi connectivity index (χ1) is 11.7. The lowest BCUT2D eigenvalue weighted by Crippen LogP contribution is -2.48. The van der Waals surface area contributed by atoms with Gasteiger partial charge in [0, 0.05) is 17.8 Å². The smallest absolute Gasteiger partial charge is 0.326 e. The lowest BCUT2D eigenvalue weighted by molar-refractivity contribution is -0.141. The topological polar surface area (TPSA) is 79.6 Å². The van der Waals surface area contributed by atoms with Crippen LogP contribution in [0.25, 0.3) is 0 Å². The largest absolute Gasteiger partial charge is 0.480 e. The van der Waals surface area contributed by atoms with Gasteiger partial charge in [-0.1, -0.05) is 12.8 Å². The van der Waals surface area contributed by atoms with Gasteiger partial charge in [-0.2, -0.15) is 0 Å². The number of carboxylic acid groups (broad SMARTS) is 1. The number of fused-ring (bicyclic) bond motifs is 1. The third kappa shape index (κ3) is 3.10. The van der Waals surface area contributed by atoms with Crippen LogP contribution in [0.4, 0.5) is 0 Å². The Hall–Kier alpha value is -2.11. The number of amides is 1. The first-order valence-corrected chi connectivity index (χ1v) is 8.99. The van der Waals surface area contributed by atoms with E-state index in [0.717, 1.165) is 25.7 Å². The number of hydrogen-bond donors (Lipinski definition) is 1. The second-order valence-electron chi connectivity index (χ2n) is 8.18. The molecule has 0 spiro atoms. The van der Waals surface area contributed by atoms with E-state index in [4.69, 9.17) is 0 Å². The second kappa shape index (κ2) is 6.32. The van der Waals surface area contributed by atoms with E-state index in [1.165, 1.54) is 15.5 Å². The van der Waals surface area contributed by atoms with Crippen molar-refractivity contribution in [1.82, 2.24) is 9.47 Å². The highest BCUT2D eigenvalue weighted by molar-refractivity contribution is 5.97. The average Bonchev–Trinajstić information content (AvgIpc) is 2.93. The zero-order valence-electron chi connectivity index (χ0n) is 15.1. The number of nitrogens with zero attached hydrogens (tertiary/aromatic N) is 2. The Morgan fingerprint density at radius 2 is 1.88 bits per heavy atom. The molecule has 1 aromatic rings. The number of aliphatic carboxylic acids is 1. The van der Waals surface area contributed by atoms with Crippen LogP contribution in [0.1, 0.15) is 63.2 Å². The van der Waals surface area contributed by atoms with Crippen LogP contribution < -0.4 is 5.56 Å². The Balaban J connectivity index is 2.02. The van der Waals surface area contributed by atoms with Gasteiger partial charge in [0.1, 0.15) is 11.6 Å². The number of carbonyl (C=O) groups is 2. The normalized spacial score (nSPS) is 26.4. The molecule has 2 heterocycles. The fraction of sp³-hybridized carbons (Fsp3) is 0.632. The molecule has 1 N–H and O–H groups in total. The summed E-state index contributed by atoms with van der Waals surface area (Å²) in [6.45, 7) is 5.70. The van der Waals surface area contributed by atoms with E-state index in [1.54, 1.807) is 12.3 Å². The lowest BCUT2D eigenvalue weighted by atomic mass is 9.84. The second-order valence-corrected chi connectivity index (χ2v) is 8.18. The molecule has 1 aliphatic carbocycles. The highest BCUT2D eigenvalue weighted by Gasteiger charge is 2.48. The van der Waals surface area contributed by atoms with E-state index in [-0.39, 0.29) is 23.1 Å². The summed E-state index contributed by atoms with van der Waals surface area (Å²) < 4.78 is 1.53. The molecular weight excluding hydrogens is 320 g/mol. The Kier molecular flexibility index (Phi) is 4.47. The number of rotatable bonds is 2. The maximum atomic E-state index is 13.2. The van der Waals surface area contributed by atoms with Gasteiger partial charge in [-0.05, 0) is 58.1 Å². The van der Waals surface area contributed by atoms with E-state index in [9.17, 15) is 19.5 Å². The van der Waals surface area contributed by atoms with Crippen LogP contribution in [0.5, 0.6) is 0 Å². The molecule has 3 rings (SSSR count). The first-order valence-electron chi connectivity index (χ1n) is 8.99. The SMILES string of the molecule is CC(C)(C)n1cccc(C(=O)N2[C@H](C(=O)O)C[C@@H]3CCCC[C@@H]32)c1=O. The molecule has 0 radical (unpaired) electrons. The summed E-state index contributed by atoms with van der Waals surface area (Å²) in [5.74, 6) is -1.19. The van der Waals surface area contributed by atoms with Gasteiger partial charge in [0.15, 0.2) is 0 Å². The van der Waals surface area contributed by atoms with Gasteiger partial charge in [-0.3, -0.25) is 9.59 Å². The van der Waals surface area contributed by atoms with Crippen molar-refractivity contribution in [3.05, 3.63) is 34.2 Å². The molecule has 0 aromatic carbocycles. The zero-order chi connectivity index (χ0) is 18.4. The Labute approximate surface area is 147 Å². The number of carbonyl (C=O) groups excluding carboxylic acids is 1. The number of carboxylic acids is 1. The maximum Gasteiger partial charge on any atom is 0.326 e. The van der Waals surface area contributed by atoms with Crippen molar-refractivity contribution in [2.24, 2.45) is 5.92 Å². The summed E-state index contributed by atoms with van der Waals surface area (Å²) in [4.78, 5) is 39.2. The quantitative estimate of drug-likeness (QED) is 0.892. The Bertz CT molecular complexity index is 747. The lowest BCUT2D eigenvalue weighted by Gasteiger charge is -2.33. The summed E-state index contributed by atoms with van der Waals surface area (Å²) in [7, 11) is 0. The molecule has 0 unspecified atom stereocenters. The van der Waals surface area contributed by atoms with Gasteiger partial charge in [0.25, 0.3) is 11.5 Å². The van der Waals surface area contributed by atoms with Gasteiger partial charge < -0.3 is 14.6 Å². The molecule has 6 heteroatoms. The van der Waals surface area contributed by atoms with Crippen LogP contribution in [0.15, 0.2) is 23.1 Å². The van der Waals surface area contributed by atoms with Gasteiger partial charge in [0.05, 0.1) is 0 Å². The number of likely N-dealkylation sites (tertiary alicyclic amines) is 1. The van der Waals surface area contributed by atoms with Crippen LogP contribution in [0.3, 0.4) is 0 Å². The molecule has 2 aliphatic rings. The fourth-order valence-electron chi connectivity index (χ4n) is 4.30. The fourth-order valence-corrected chi connectivity index (χ4v) is 4.30. The third-order valence-corrected chi connectivity index (χ3v) is 5.51. The zero-order valence-corrected chi connectivity index (χ0v) is 15.1. The summed E-state index contributed by atoms with van der Waals surface area (Å²) in [6, 6.07) is 2.31. The van der Waals surface area contributed by atoms with E-state index < -0.39 is 23.5 Å². The molecule has 2 fully saturated rings. The van der Waals surface area contributed by atoms with Crippen molar-refractivity contribution in [2.45, 2.75) is 70.5 Å². The van der Waals surface area contributed by atoms with Gasteiger partial charge >= 0.3 is 5.97 Å². The summed E-state index contributed by atoms with van der Waals surface area (Å²) in [6.07, 6.45) is 6.02. The van der Waals surface area contributed by atoms with Gasteiger partial charge in [-0.15, -0.1) is 0 Å². The molecule has 1 saturated carbocycles. The predicted molar refractivity (Wildman–Crippen MR) is 93.7 cm³/mol. The monoisotopic (exact) mass is 346 g/mol. The van der Waals surface area contributed by atoms with Crippen LogP contribution in [-0.2, 0) is 10.3 Å². The third-order valence-electron chi connectivity index (χ3n) is 5.51. The molecule has 25 heavy (non-hydrogen) atoms. The van der Waals surface area contributed by atoms with Crippen molar-refractivity contribution >= 4 is 11.9 Å². The maximum absolute atomic E-state index is 13.2. The van der Waals surface area contributed by atoms with Gasteiger partial charge in [-0.25, -0.2) is 4.79 Å². The van der Waals surface area contributed by atoms with Crippen LogP contribution in [0.2, 0.25) is 0 Å². The minimum atomic E-state index is -0.977. The van der Waals surface area contributed by atoms with Crippen molar-refractivity contribution < 1.29 is 14.7 Å².